The highest BCUT2D eigenvalue weighted by molar-refractivity contribution is 5.77. The minimum atomic E-state index is 0.194. The molecule has 0 saturated carbocycles. The number of ether oxygens (including phenoxy) is 1. The minimum absolute atomic E-state index is 0.194. The Morgan fingerprint density at radius 2 is 2.05 bits per heavy atom. The molecule has 1 N–H and O–H groups in total. The number of nitrogens with zero attached hydrogens (tertiary/aromatic N) is 1. The first-order valence-corrected chi connectivity index (χ1v) is 7.11. The average molecular weight is 276 g/mol. The second kappa shape index (κ2) is 7.43. The number of fused-ring (bicyclic) bond motifs is 1. The predicted octanol–water partition coefficient (Wildman–Crippen LogP) is 2.66. The van der Waals surface area contributed by atoms with Gasteiger partial charge in [0.05, 0.1) is 19.3 Å². The molecule has 1 aromatic carbocycles. The van der Waals surface area contributed by atoms with E-state index in [0.29, 0.717) is 0 Å². The van der Waals surface area contributed by atoms with Gasteiger partial charge in [0.25, 0.3) is 0 Å². The molecule has 110 valence electrons. The molecule has 2 aromatic rings. The monoisotopic (exact) mass is 276 g/mol. The van der Waals surface area contributed by atoms with Crippen LogP contribution in [0.15, 0.2) is 34.7 Å². The maximum absolute atomic E-state index is 5.83. The van der Waals surface area contributed by atoms with Crippen LogP contribution < -0.4 is 5.32 Å². The van der Waals surface area contributed by atoms with Crippen LogP contribution in [0.5, 0.6) is 0 Å². The van der Waals surface area contributed by atoms with Gasteiger partial charge in [-0.3, -0.25) is 0 Å². The van der Waals surface area contributed by atoms with Crippen molar-refractivity contribution in [2.75, 3.05) is 40.4 Å². The third kappa shape index (κ3) is 4.34. The van der Waals surface area contributed by atoms with Crippen molar-refractivity contribution in [3.05, 3.63) is 36.1 Å². The number of hydrogen-bond donors (Lipinski definition) is 1. The molecule has 2 rings (SSSR count). The Kier molecular flexibility index (Phi) is 5.59. The molecule has 1 atom stereocenters. The largest absolute Gasteiger partial charge is 0.459 e. The molecule has 0 bridgehead atoms. The number of likely N-dealkylation sites (N-methyl/N-ethyl adjacent to an activating group) is 1. The van der Waals surface area contributed by atoms with Gasteiger partial charge >= 0.3 is 0 Å². The van der Waals surface area contributed by atoms with E-state index in [1.807, 2.05) is 32.3 Å². The zero-order chi connectivity index (χ0) is 14.4. The molecule has 0 fully saturated rings. The van der Waals surface area contributed by atoms with Crippen LogP contribution in [0.1, 0.15) is 18.7 Å². The van der Waals surface area contributed by atoms with Gasteiger partial charge in [-0.25, -0.2) is 0 Å². The van der Waals surface area contributed by atoms with Crippen molar-refractivity contribution < 1.29 is 9.15 Å². The van der Waals surface area contributed by atoms with Crippen LogP contribution in [0.4, 0.5) is 0 Å². The van der Waals surface area contributed by atoms with Gasteiger partial charge in [0, 0.05) is 18.5 Å². The smallest absolute Gasteiger partial charge is 0.134 e. The second-order valence-corrected chi connectivity index (χ2v) is 5.28. The molecular formula is C16H24N2O2. The lowest BCUT2D eigenvalue weighted by molar-refractivity contribution is 0.117. The lowest BCUT2D eigenvalue weighted by Gasteiger charge is -2.12. The number of rotatable bonds is 8. The third-order valence-electron chi connectivity index (χ3n) is 3.25. The fraction of sp³-hybridized carbons (Fsp3) is 0.500. The van der Waals surface area contributed by atoms with E-state index in [-0.39, 0.29) is 6.04 Å². The Morgan fingerprint density at radius 3 is 2.80 bits per heavy atom. The fourth-order valence-corrected chi connectivity index (χ4v) is 2.01. The Morgan fingerprint density at radius 1 is 1.25 bits per heavy atom. The number of benzene rings is 1. The van der Waals surface area contributed by atoms with E-state index in [2.05, 4.69) is 29.3 Å². The molecule has 0 spiro atoms. The molecule has 0 aliphatic heterocycles. The van der Waals surface area contributed by atoms with Gasteiger partial charge in [-0.1, -0.05) is 18.2 Å². The third-order valence-corrected chi connectivity index (χ3v) is 3.25. The molecule has 4 heteroatoms. The van der Waals surface area contributed by atoms with Crippen molar-refractivity contribution in [1.29, 1.82) is 0 Å². The van der Waals surface area contributed by atoms with Crippen molar-refractivity contribution in [3.63, 3.8) is 0 Å². The van der Waals surface area contributed by atoms with Gasteiger partial charge in [-0.15, -0.1) is 0 Å². The van der Waals surface area contributed by atoms with Gasteiger partial charge in [0.15, 0.2) is 0 Å². The van der Waals surface area contributed by atoms with Crippen LogP contribution in [0, 0.1) is 0 Å². The molecule has 20 heavy (non-hydrogen) atoms. The number of para-hydroxylation sites is 1. The SMILES string of the molecule is CC(NCCOCCN(C)C)c1cc2ccccc2o1. The first-order chi connectivity index (χ1) is 9.66. The normalized spacial score (nSPS) is 13.2. The van der Waals surface area contributed by atoms with Gasteiger partial charge in [-0.2, -0.15) is 0 Å². The molecular weight excluding hydrogens is 252 g/mol. The lowest BCUT2D eigenvalue weighted by atomic mass is 10.2. The van der Waals surface area contributed by atoms with E-state index in [1.165, 1.54) is 0 Å². The van der Waals surface area contributed by atoms with Crippen molar-refractivity contribution in [1.82, 2.24) is 10.2 Å². The van der Waals surface area contributed by atoms with Crippen LogP contribution >= 0.6 is 0 Å². The first kappa shape index (κ1) is 15.0. The summed E-state index contributed by atoms with van der Waals surface area (Å²) >= 11 is 0. The molecule has 0 aliphatic carbocycles. The molecule has 0 aliphatic rings. The molecule has 1 unspecified atom stereocenters. The quantitative estimate of drug-likeness (QED) is 0.752. The second-order valence-electron chi connectivity index (χ2n) is 5.28. The summed E-state index contributed by atoms with van der Waals surface area (Å²) < 4.78 is 11.4. The van der Waals surface area contributed by atoms with Gasteiger partial charge in [-0.05, 0) is 33.2 Å². The van der Waals surface area contributed by atoms with E-state index >= 15 is 0 Å². The van der Waals surface area contributed by atoms with Crippen LogP contribution in [-0.2, 0) is 4.74 Å². The highest BCUT2D eigenvalue weighted by atomic mass is 16.5. The fourth-order valence-electron chi connectivity index (χ4n) is 2.01. The van der Waals surface area contributed by atoms with Crippen LogP contribution in [0.25, 0.3) is 11.0 Å². The summed E-state index contributed by atoms with van der Waals surface area (Å²) in [7, 11) is 4.09. The zero-order valence-electron chi connectivity index (χ0n) is 12.6. The maximum Gasteiger partial charge on any atom is 0.134 e. The van der Waals surface area contributed by atoms with Gasteiger partial charge in [0.2, 0.25) is 0 Å². The van der Waals surface area contributed by atoms with Crippen molar-refractivity contribution in [2.24, 2.45) is 0 Å². The Hall–Kier alpha value is -1.36. The van der Waals surface area contributed by atoms with E-state index in [9.17, 15) is 0 Å². The molecule has 0 amide bonds. The summed E-state index contributed by atoms with van der Waals surface area (Å²) in [6, 6.07) is 10.4. The summed E-state index contributed by atoms with van der Waals surface area (Å²) in [6.07, 6.45) is 0. The summed E-state index contributed by atoms with van der Waals surface area (Å²) in [5.41, 5.74) is 0.943. The summed E-state index contributed by atoms with van der Waals surface area (Å²) in [5, 5.41) is 4.57. The lowest BCUT2D eigenvalue weighted by Crippen LogP contribution is -2.25. The highest BCUT2D eigenvalue weighted by Gasteiger charge is 2.10. The topological polar surface area (TPSA) is 37.6 Å². The molecule has 0 radical (unpaired) electrons. The zero-order valence-corrected chi connectivity index (χ0v) is 12.6. The molecule has 4 nitrogen and oxygen atoms in total. The van der Waals surface area contributed by atoms with Crippen molar-refractivity contribution in [2.45, 2.75) is 13.0 Å². The van der Waals surface area contributed by atoms with Crippen molar-refractivity contribution >= 4 is 11.0 Å². The predicted molar refractivity (Wildman–Crippen MR) is 82.0 cm³/mol. The average Bonchev–Trinajstić information content (AvgIpc) is 2.86. The van der Waals surface area contributed by atoms with E-state index in [4.69, 9.17) is 9.15 Å². The maximum atomic E-state index is 5.83. The number of nitrogens with one attached hydrogen (secondary N) is 1. The Balaban J connectivity index is 1.73. The van der Waals surface area contributed by atoms with Crippen molar-refractivity contribution in [3.8, 4) is 0 Å². The summed E-state index contributed by atoms with van der Waals surface area (Å²) in [4.78, 5) is 2.12. The molecule has 0 saturated heterocycles. The Labute approximate surface area is 120 Å². The van der Waals surface area contributed by atoms with Gasteiger partial charge in [0.1, 0.15) is 11.3 Å². The Bertz CT molecular complexity index is 489. The van der Waals surface area contributed by atoms with Crippen LogP contribution in [0.3, 0.4) is 0 Å². The highest BCUT2D eigenvalue weighted by Crippen LogP contribution is 2.23. The number of hydrogen-bond acceptors (Lipinski definition) is 4. The summed E-state index contributed by atoms with van der Waals surface area (Å²) in [5.74, 6) is 0.972. The number of furan rings is 1. The van der Waals surface area contributed by atoms with Crippen LogP contribution in [0.2, 0.25) is 0 Å². The van der Waals surface area contributed by atoms with Gasteiger partial charge < -0.3 is 19.4 Å². The molecule has 1 heterocycles. The standard InChI is InChI=1S/C16H24N2O2/c1-13(17-8-10-19-11-9-18(2)3)16-12-14-6-4-5-7-15(14)20-16/h4-7,12-13,17H,8-11H2,1-3H3. The van der Waals surface area contributed by atoms with E-state index in [1.54, 1.807) is 0 Å². The van der Waals surface area contributed by atoms with E-state index < -0.39 is 0 Å². The van der Waals surface area contributed by atoms with E-state index in [0.717, 1.165) is 43.0 Å². The summed E-state index contributed by atoms with van der Waals surface area (Å²) in [6.45, 7) is 5.38. The first-order valence-electron chi connectivity index (χ1n) is 7.11. The minimum Gasteiger partial charge on any atom is -0.459 e. The molecule has 1 aromatic heterocycles. The van der Waals surface area contributed by atoms with Crippen LogP contribution in [-0.4, -0.2) is 45.3 Å².